The predicted molar refractivity (Wildman–Crippen MR) is 108 cm³/mol. The number of hydrogen-bond donors (Lipinski definition) is 1. The van der Waals surface area contributed by atoms with Crippen LogP contribution in [-0.2, 0) is 23.8 Å². The molecule has 1 amide bonds. The molecule has 0 spiro atoms. The Labute approximate surface area is 175 Å². The molecule has 2 aliphatic rings. The number of piperazine rings is 1. The van der Waals surface area contributed by atoms with Gasteiger partial charge in [-0.05, 0) is 37.0 Å². The highest BCUT2D eigenvalue weighted by Gasteiger charge is 2.31. The standard InChI is InChI=1S/C20H20F3N5OS/c21-20(22,23)13-4-5-17(25-11-13)28-8-6-27(7-9-28)12-18(29)26-19-15(10-24)14-2-1-3-16(14)30-19/h4-5,11H,1-3,6-9,12H2,(H,26,29). The molecule has 0 unspecified atom stereocenters. The smallest absolute Gasteiger partial charge is 0.354 e. The van der Waals surface area contributed by atoms with Gasteiger partial charge in [-0.1, -0.05) is 0 Å². The van der Waals surface area contributed by atoms with Gasteiger partial charge in [0.1, 0.15) is 16.9 Å². The highest BCUT2D eigenvalue weighted by Crippen LogP contribution is 2.38. The zero-order valence-electron chi connectivity index (χ0n) is 16.1. The van der Waals surface area contributed by atoms with Crippen molar-refractivity contribution in [3.63, 3.8) is 0 Å². The highest BCUT2D eigenvalue weighted by atomic mass is 32.1. The van der Waals surface area contributed by atoms with E-state index < -0.39 is 11.7 Å². The number of carbonyl (C=O) groups excluding carboxylic acids is 1. The van der Waals surface area contributed by atoms with Gasteiger partial charge in [-0.3, -0.25) is 9.69 Å². The first kappa shape index (κ1) is 20.6. The van der Waals surface area contributed by atoms with Gasteiger partial charge in [-0.2, -0.15) is 18.4 Å². The largest absolute Gasteiger partial charge is 0.417 e. The van der Waals surface area contributed by atoms with E-state index in [9.17, 15) is 23.2 Å². The summed E-state index contributed by atoms with van der Waals surface area (Å²) in [6, 6.07) is 4.63. The van der Waals surface area contributed by atoms with Gasteiger partial charge in [0.25, 0.3) is 0 Å². The lowest BCUT2D eigenvalue weighted by Crippen LogP contribution is -2.48. The van der Waals surface area contributed by atoms with Crippen molar-refractivity contribution in [2.45, 2.75) is 25.4 Å². The Morgan fingerprint density at radius 1 is 1.23 bits per heavy atom. The molecule has 0 aromatic carbocycles. The van der Waals surface area contributed by atoms with Crippen LogP contribution >= 0.6 is 11.3 Å². The maximum Gasteiger partial charge on any atom is 0.417 e. The molecule has 158 valence electrons. The number of amides is 1. The Morgan fingerprint density at radius 3 is 2.63 bits per heavy atom. The molecule has 1 aliphatic heterocycles. The number of nitrogens with zero attached hydrogens (tertiary/aromatic N) is 4. The molecule has 2 aromatic rings. The van der Waals surface area contributed by atoms with Crippen LogP contribution in [0.1, 0.15) is 28.0 Å². The molecule has 2 aromatic heterocycles. The van der Waals surface area contributed by atoms with E-state index in [2.05, 4.69) is 16.4 Å². The number of alkyl halides is 3. The highest BCUT2D eigenvalue weighted by molar-refractivity contribution is 7.16. The quantitative estimate of drug-likeness (QED) is 0.798. The number of aryl methyl sites for hydroxylation is 1. The monoisotopic (exact) mass is 435 g/mol. The minimum atomic E-state index is -4.40. The van der Waals surface area contributed by atoms with Crippen LogP contribution < -0.4 is 10.2 Å². The molecule has 1 aliphatic carbocycles. The summed E-state index contributed by atoms with van der Waals surface area (Å²) in [5.74, 6) is 0.339. The average Bonchev–Trinajstić information content (AvgIpc) is 3.28. The Morgan fingerprint density at radius 2 is 2.00 bits per heavy atom. The van der Waals surface area contributed by atoms with Crippen LogP contribution in [0.2, 0.25) is 0 Å². The van der Waals surface area contributed by atoms with Crippen LogP contribution in [0.15, 0.2) is 18.3 Å². The van der Waals surface area contributed by atoms with Crippen LogP contribution in [-0.4, -0.2) is 48.5 Å². The summed E-state index contributed by atoms with van der Waals surface area (Å²) in [4.78, 5) is 21.5. The summed E-state index contributed by atoms with van der Waals surface area (Å²) in [5.41, 5.74) is 0.910. The molecule has 1 saturated heterocycles. The molecule has 0 radical (unpaired) electrons. The van der Waals surface area contributed by atoms with Gasteiger partial charge >= 0.3 is 6.18 Å². The number of halogens is 3. The zero-order valence-corrected chi connectivity index (χ0v) is 16.9. The topological polar surface area (TPSA) is 72.3 Å². The SMILES string of the molecule is N#Cc1c(NC(=O)CN2CCN(c3ccc(C(F)(F)F)cn3)CC2)sc2c1CCC2. The van der Waals surface area contributed by atoms with Crippen LogP contribution in [0.4, 0.5) is 24.0 Å². The van der Waals surface area contributed by atoms with Crippen LogP contribution in [0.5, 0.6) is 0 Å². The van der Waals surface area contributed by atoms with E-state index in [4.69, 9.17) is 0 Å². The van der Waals surface area contributed by atoms with E-state index in [1.165, 1.54) is 22.3 Å². The molecule has 1 fully saturated rings. The van der Waals surface area contributed by atoms with Crippen molar-refractivity contribution in [3.8, 4) is 6.07 Å². The molecule has 3 heterocycles. The van der Waals surface area contributed by atoms with Gasteiger partial charge in [-0.25, -0.2) is 4.98 Å². The van der Waals surface area contributed by atoms with Crippen LogP contribution in [0.3, 0.4) is 0 Å². The normalized spacial score (nSPS) is 16.9. The van der Waals surface area contributed by atoms with Crippen LogP contribution in [0.25, 0.3) is 0 Å². The third-order valence-electron chi connectivity index (χ3n) is 5.42. The molecule has 0 saturated carbocycles. The van der Waals surface area contributed by atoms with Gasteiger partial charge in [0.2, 0.25) is 5.91 Å². The van der Waals surface area contributed by atoms with Crippen molar-refractivity contribution in [2.75, 3.05) is 42.9 Å². The molecule has 0 atom stereocenters. The van der Waals surface area contributed by atoms with Crippen molar-refractivity contribution in [1.82, 2.24) is 9.88 Å². The second-order valence-electron chi connectivity index (χ2n) is 7.39. The number of aromatic nitrogens is 1. The van der Waals surface area contributed by atoms with E-state index in [1.807, 2.05) is 9.80 Å². The number of fused-ring (bicyclic) bond motifs is 1. The minimum absolute atomic E-state index is 0.160. The summed E-state index contributed by atoms with van der Waals surface area (Å²) in [5, 5.41) is 12.9. The van der Waals surface area contributed by atoms with E-state index >= 15 is 0 Å². The lowest BCUT2D eigenvalue weighted by Gasteiger charge is -2.35. The maximum atomic E-state index is 12.7. The molecule has 30 heavy (non-hydrogen) atoms. The van der Waals surface area contributed by atoms with Crippen LogP contribution in [0, 0.1) is 11.3 Å². The molecular formula is C20H20F3N5OS. The van der Waals surface area contributed by atoms with E-state index in [0.29, 0.717) is 42.6 Å². The van der Waals surface area contributed by atoms with Gasteiger partial charge in [0.05, 0.1) is 17.7 Å². The lowest BCUT2D eigenvalue weighted by molar-refractivity contribution is -0.137. The first-order valence-corrected chi connectivity index (χ1v) is 10.5. The number of nitrogens with one attached hydrogen (secondary N) is 1. The van der Waals surface area contributed by atoms with Gasteiger partial charge < -0.3 is 10.2 Å². The molecule has 10 heteroatoms. The summed E-state index contributed by atoms with van der Waals surface area (Å²) in [7, 11) is 0. The maximum absolute atomic E-state index is 12.7. The van der Waals surface area contributed by atoms with Gasteiger partial charge in [0.15, 0.2) is 0 Å². The number of carbonyl (C=O) groups is 1. The summed E-state index contributed by atoms with van der Waals surface area (Å²) < 4.78 is 38.0. The molecule has 4 rings (SSSR count). The Hall–Kier alpha value is -2.64. The third kappa shape index (κ3) is 4.27. The van der Waals surface area contributed by atoms with E-state index in [1.54, 1.807) is 0 Å². The molecule has 0 bridgehead atoms. The zero-order chi connectivity index (χ0) is 21.3. The fourth-order valence-electron chi connectivity index (χ4n) is 3.86. The molecule has 1 N–H and O–H groups in total. The summed E-state index contributed by atoms with van der Waals surface area (Å²) >= 11 is 1.49. The number of rotatable bonds is 4. The number of pyridine rings is 1. The molecular weight excluding hydrogens is 415 g/mol. The number of hydrogen-bond acceptors (Lipinski definition) is 6. The van der Waals surface area contributed by atoms with Crippen molar-refractivity contribution in [2.24, 2.45) is 0 Å². The second kappa shape index (κ2) is 8.24. The van der Waals surface area contributed by atoms with Crippen molar-refractivity contribution in [3.05, 3.63) is 39.9 Å². The van der Waals surface area contributed by atoms with E-state index in [-0.39, 0.29) is 12.5 Å². The van der Waals surface area contributed by atoms with Crippen molar-refractivity contribution >= 4 is 28.1 Å². The summed E-state index contributed by atoms with van der Waals surface area (Å²) in [6.45, 7) is 2.55. The van der Waals surface area contributed by atoms with Crippen molar-refractivity contribution < 1.29 is 18.0 Å². The Balaban J connectivity index is 1.30. The first-order valence-electron chi connectivity index (χ1n) is 9.70. The fraction of sp³-hybridized carbons (Fsp3) is 0.450. The van der Waals surface area contributed by atoms with Crippen molar-refractivity contribution in [1.29, 1.82) is 5.26 Å². The minimum Gasteiger partial charge on any atom is -0.354 e. The fourth-order valence-corrected chi connectivity index (χ4v) is 5.11. The predicted octanol–water partition coefficient (Wildman–Crippen LogP) is 3.28. The number of thiophene rings is 1. The second-order valence-corrected chi connectivity index (χ2v) is 8.49. The van der Waals surface area contributed by atoms with Gasteiger partial charge in [-0.15, -0.1) is 11.3 Å². The number of nitriles is 1. The Bertz CT molecular complexity index is 972. The molecule has 6 nitrogen and oxygen atoms in total. The third-order valence-corrected chi connectivity index (χ3v) is 6.63. The van der Waals surface area contributed by atoms with E-state index in [0.717, 1.165) is 37.1 Å². The average molecular weight is 435 g/mol. The Kier molecular flexibility index (Phi) is 5.66. The lowest BCUT2D eigenvalue weighted by atomic mass is 10.1. The number of anilines is 2. The summed E-state index contributed by atoms with van der Waals surface area (Å²) in [6.07, 6.45) is -0.636. The van der Waals surface area contributed by atoms with Gasteiger partial charge in [0, 0.05) is 37.3 Å². The first-order chi connectivity index (χ1) is 14.3.